The quantitative estimate of drug-likeness (QED) is 0.488. The van der Waals surface area contributed by atoms with Crippen molar-refractivity contribution in [3.63, 3.8) is 0 Å². The average molecular weight is 219 g/mol. The lowest BCUT2D eigenvalue weighted by molar-refractivity contribution is 1.50. The van der Waals surface area contributed by atoms with Gasteiger partial charge >= 0.3 is 0 Å². The fraction of sp³-hybridized carbons (Fsp3) is 1.00. The molecule has 10 heavy (non-hydrogen) atoms. The van der Waals surface area contributed by atoms with E-state index in [-0.39, 0.29) is 0 Å². The molecular weight excluding hydrogens is 199 g/mol. The molecule has 0 atom stereocenters. The normalized spacial score (nSPS) is 6.40. The second-order valence-electron chi connectivity index (χ2n) is 0.591. The van der Waals surface area contributed by atoms with Gasteiger partial charge in [-0.25, -0.2) is 0 Å². The minimum Gasteiger partial charge on any atom is -0.183 e. The van der Waals surface area contributed by atoms with Crippen molar-refractivity contribution in [2.75, 3.05) is 25.4 Å². The predicted octanol–water partition coefficient (Wildman–Crippen LogP) is 3.58. The number of hydrogen-bond donors (Lipinski definition) is 1. The van der Waals surface area contributed by atoms with Crippen molar-refractivity contribution in [2.24, 2.45) is 0 Å². The molecule has 0 saturated carbocycles. The van der Waals surface area contributed by atoms with E-state index in [9.17, 15) is 0 Å². The number of thiol groups is 1. The first-order chi connectivity index (χ1) is 5.24. The van der Waals surface area contributed by atoms with Gasteiger partial charge in [-0.15, -0.1) is 0 Å². The lowest BCUT2D eigenvalue weighted by atomic mass is 11.0. The van der Waals surface area contributed by atoms with E-state index in [0.717, 1.165) is 7.36 Å². The highest BCUT2D eigenvalue weighted by Crippen LogP contribution is 1.70. The minimum atomic E-state index is 0.500. The van der Waals surface area contributed by atoms with Gasteiger partial charge < -0.3 is 0 Å². The Bertz CT molecular complexity index is 37.0. The Kier molecular flexibility index (Phi) is 145. The number of thioether (sulfide) groups is 1. The first kappa shape index (κ1) is 17.3. The van der Waals surface area contributed by atoms with Gasteiger partial charge in [0.1, 0.15) is 0 Å². The lowest BCUT2D eigenvalue weighted by Gasteiger charge is -1.51. The van der Waals surface area contributed by atoms with Gasteiger partial charge in [0, 0.05) is 1.37 Å². The van der Waals surface area contributed by atoms with Gasteiger partial charge in [-0.2, -0.15) is 24.4 Å². The molecule has 0 N–H and O–H groups in total. The summed E-state index contributed by atoms with van der Waals surface area (Å²) in [6, 6.07) is 0. The number of hydrogen-bond acceptors (Lipinski definition) is 3. The third-order valence-corrected chi connectivity index (χ3v) is 0. The van der Waals surface area contributed by atoms with E-state index in [1.165, 1.54) is 0 Å². The molecule has 0 fully saturated rings. The molecule has 4 heteroatoms. The first-order valence-electron chi connectivity index (χ1n) is 3.31. The van der Waals surface area contributed by atoms with Crippen molar-refractivity contribution in [2.45, 2.75) is 13.8 Å². The molecule has 0 aliphatic heterocycles. The van der Waals surface area contributed by atoms with E-state index < -0.39 is 0 Å². The van der Waals surface area contributed by atoms with Gasteiger partial charge in [0.25, 0.3) is 0 Å². The third-order valence-electron chi connectivity index (χ3n) is 0. The fourth-order valence-electron chi connectivity index (χ4n) is 0. The van der Waals surface area contributed by atoms with Crippen LogP contribution in [0, 0.1) is 0 Å². The van der Waals surface area contributed by atoms with E-state index in [1.807, 2.05) is 19.2 Å². The molecule has 0 bridgehead atoms. The molecule has 0 spiro atoms. The van der Waals surface area contributed by atoms with E-state index in [0.29, 0.717) is 6.90 Å². The summed E-state index contributed by atoms with van der Waals surface area (Å²) in [5.41, 5.74) is 0. The summed E-state index contributed by atoms with van der Waals surface area (Å²) >= 11 is 9.64. The van der Waals surface area contributed by atoms with Crippen LogP contribution in [-0.2, 0) is 11.8 Å². The maximum absolute atomic E-state index is 6.21. The van der Waals surface area contributed by atoms with Crippen LogP contribution in [-0.4, -0.2) is 25.4 Å². The minimum absolute atomic E-state index is 0.500. The zero-order valence-corrected chi connectivity index (χ0v) is 10.8. The molecule has 0 radical (unpaired) electrons. The molecule has 0 aromatic heterocycles. The highest BCUT2D eigenvalue weighted by Gasteiger charge is 1.32. The zero-order valence-electron chi connectivity index (χ0n) is 8.42. The van der Waals surface area contributed by atoms with Crippen LogP contribution < -0.4 is 0 Å². The summed E-state index contributed by atoms with van der Waals surface area (Å²) in [7, 11) is 1.00. The smallest absolute Gasteiger partial charge is 0.0228 e. The molecule has 0 rings (SSSR count). The van der Waals surface area contributed by atoms with Gasteiger partial charge in [-0.3, -0.25) is 0 Å². The molecule has 0 aromatic carbocycles. The second-order valence-corrected chi connectivity index (χ2v) is 2.87. The Morgan fingerprint density at radius 3 is 1.50 bits per heavy atom. The Morgan fingerprint density at radius 2 is 1.50 bits per heavy atom. The van der Waals surface area contributed by atoms with Crippen LogP contribution in [0.4, 0.5) is 0 Å². The average Bonchev–Trinajstić information content (AvgIpc) is 1.96. The van der Waals surface area contributed by atoms with E-state index in [4.69, 9.17) is 1.37 Å². The fourth-order valence-corrected chi connectivity index (χ4v) is 0. The molecule has 0 nitrogen and oxygen atoms in total. The van der Waals surface area contributed by atoms with Crippen molar-refractivity contribution < 1.29 is 1.37 Å². The Morgan fingerprint density at radius 1 is 1.50 bits per heavy atom. The zero-order chi connectivity index (χ0) is 10.1. The van der Waals surface area contributed by atoms with Crippen molar-refractivity contribution in [3.05, 3.63) is 0 Å². The highest BCUT2D eigenvalue weighted by molar-refractivity contribution is 7.97. The lowest BCUT2D eigenvalue weighted by Crippen LogP contribution is -1.25. The maximum Gasteiger partial charge on any atom is 0.0228 e. The summed E-state index contributed by atoms with van der Waals surface area (Å²) in [5, 5.41) is 0. The molecule has 0 heterocycles. The topological polar surface area (TPSA) is 0 Å². The van der Waals surface area contributed by atoms with Crippen LogP contribution in [0.3, 0.4) is 0 Å². The largest absolute Gasteiger partial charge is 0.183 e. The Labute approximate surface area is 84.2 Å². The van der Waals surface area contributed by atoms with Gasteiger partial charge in [0.05, 0.1) is 0 Å². The Hall–Kier alpha value is 1.22. The van der Waals surface area contributed by atoms with Crippen LogP contribution in [0.2, 0.25) is 0 Å². The number of rotatable bonds is 0. The monoisotopic (exact) mass is 219 g/mol. The van der Waals surface area contributed by atoms with Crippen LogP contribution >= 0.6 is 31.7 Å². The summed E-state index contributed by atoms with van der Waals surface area (Å²) in [6.45, 7) is 4.20. The van der Waals surface area contributed by atoms with Crippen LogP contribution in [0.5, 0.6) is 0 Å². The SMILES string of the molecule is CP=S.CS.CSC.[2H]CC. The summed E-state index contributed by atoms with van der Waals surface area (Å²) in [4.78, 5) is 0. The van der Waals surface area contributed by atoms with Crippen LogP contribution in [0.1, 0.15) is 15.2 Å². The van der Waals surface area contributed by atoms with Gasteiger partial charge in [-0.1, -0.05) is 25.6 Å². The molecule has 0 aliphatic rings. The van der Waals surface area contributed by atoms with Crippen molar-refractivity contribution in [1.82, 2.24) is 0 Å². The van der Waals surface area contributed by atoms with Gasteiger partial charge in [0.2, 0.25) is 0 Å². The summed E-state index contributed by atoms with van der Waals surface area (Å²) in [5.74, 6) is 0. The maximum atomic E-state index is 6.21. The molecule has 0 aromatic rings. The van der Waals surface area contributed by atoms with Crippen molar-refractivity contribution in [3.8, 4) is 0 Å². The molecular formula is C6H19PS3. The summed E-state index contributed by atoms with van der Waals surface area (Å²) in [6.07, 6.45) is 5.78. The second kappa shape index (κ2) is 83.8. The van der Waals surface area contributed by atoms with Crippen LogP contribution in [0.25, 0.3) is 0 Å². The van der Waals surface area contributed by atoms with Crippen molar-refractivity contribution >= 4 is 43.6 Å². The van der Waals surface area contributed by atoms with E-state index in [1.54, 1.807) is 24.9 Å². The third kappa shape index (κ3) is 419. The highest BCUT2D eigenvalue weighted by atomic mass is 32.4. The molecule has 0 amide bonds. The van der Waals surface area contributed by atoms with E-state index >= 15 is 0 Å². The standard InChI is InChI=1S/C2H6S.C2H6.CH3PS.CH4S/c1-3-2;1-2;1-2-3;1-2/h1-2H3;1-2H3;1H3;2H,1H3/i;1D;;. The molecule has 66 valence electrons. The molecule has 0 saturated heterocycles. The molecule has 0 unspecified atom stereocenters. The van der Waals surface area contributed by atoms with Crippen molar-refractivity contribution in [1.29, 1.82) is 0 Å². The van der Waals surface area contributed by atoms with Gasteiger partial charge in [-0.05, 0) is 32.8 Å². The first-order valence-corrected chi connectivity index (χ1v) is 7.48. The predicted molar refractivity (Wildman–Crippen MR) is 65.9 cm³/mol. The van der Waals surface area contributed by atoms with Crippen LogP contribution in [0.15, 0.2) is 0 Å². The molecule has 0 aliphatic carbocycles. The Balaban J connectivity index is -0.0000000301. The van der Waals surface area contributed by atoms with E-state index in [2.05, 4.69) is 24.4 Å². The van der Waals surface area contributed by atoms with Gasteiger partial charge in [0.15, 0.2) is 0 Å². The summed E-state index contributed by atoms with van der Waals surface area (Å²) < 4.78 is 6.21.